The largest absolute Gasteiger partial charge is 0.508 e. The van der Waals surface area contributed by atoms with Crippen LogP contribution < -0.4 is 19.9 Å². The van der Waals surface area contributed by atoms with E-state index in [0.717, 1.165) is 82.0 Å². The van der Waals surface area contributed by atoms with Crippen LogP contribution in [0.15, 0.2) is 48.7 Å². The molecule has 5 saturated heterocycles. The highest BCUT2D eigenvalue weighted by Crippen LogP contribution is 2.40. The SMILES string of the molecule is CCc1c(F)ccc2cc(O)cc(-c3ncc4c(N5CCC[C@@](C)(O)C5)nc(OC5CCN(C6CCN(CC7CCN(c8ccc9c(c8)C(=O)N(C8CCC(=O)NC8=O)C9=O)CC7)CC6)C5)nc4c3F)c12. The van der Waals surface area contributed by atoms with E-state index in [4.69, 9.17) is 14.7 Å². The van der Waals surface area contributed by atoms with Crippen LogP contribution >= 0.6 is 0 Å². The minimum absolute atomic E-state index is 0.00319. The topological polar surface area (TPSA) is 185 Å². The van der Waals surface area contributed by atoms with E-state index < -0.39 is 46.9 Å². The number of piperidine rings is 4. The summed E-state index contributed by atoms with van der Waals surface area (Å²) in [6.45, 7) is 10.7. The minimum Gasteiger partial charge on any atom is -0.508 e. The number of aliphatic hydroxyl groups is 1. The van der Waals surface area contributed by atoms with Crippen molar-refractivity contribution in [3.8, 4) is 23.0 Å². The Balaban J connectivity index is 0.727. The standard InChI is InChI=1S/C53H59F2N9O7/c1-3-36-41(54)8-5-31-23-34(65)25-39(44(31)36)46-45(55)47-40(26-56-46)48(63-17-4-16-53(2,70)29-63)59-52(58-47)71-35-15-22-62(28-35)32-13-18-60(19-14-32)27-30-11-20-61(21-12-30)33-6-7-37-38(24-33)51(69)64(50(37)68)42-9-10-43(66)57-49(42)67/h5-8,23-26,30,32,35,42,65,70H,3-4,9-22,27-29H2,1-2H3,(H,57,66,67)/t35?,42?,53-/m1/s1. The van der Waals surface area contributed by atoms with Crippen LogP contribution in [0.5, 0.6) is 11.8 Å². The fourth-order valence-electron chi connectivity index (χ4n) is 12.1. The van der Waals surface area contributed by atoms with Gasteiger partial charge in [0.1, 0.15) is 40.7 Å². The first-order chi connectivity index (χ1) is 34.2. The molecule has 3 atom stereocenters. The van der Waals surface area contributed by atoms with Crippen LogP contribution in [0.3, 0.4) is 0 Å². The number of halogens is 2. The van der Waals surface area contributed by atoms with Gasteiger partial charge >= 0.3 is 6.01 Å². The number of fused-ring (bicyclic) bond motifs is 3. The van der Waals surface area contributed by atoms with E-state index in [1.165, 1.54) is 24.4 Å². The zero-order valence-corrected chi connectivity index (χ0v) is 40.1. The highest BCUT2D eigenvalue weighted by Gasteiger charge is 2.45. The summed E-state index contributed by atoms with van der Waals surface area (Å²) in [6, 6.07) is 10.6. The summed E-state index contributed by atoms with van der Waals surface area (Å²) in [5.41, 5.74) is 1.07. The number of anilines is 2. The molecule has 4 amide bonds. The van der Waals surface area contributed by atoms with Crippen LogP contribution in [-0.4, -0.2) is 146 Å². The van der Waals surface area contributed by atoms with Crippen LogP contribution in [0, 0.1) is 17.6 Å². The Hall–Kier alpha value is -6.37. The molecule has 0 saturated carbocycles. The van der Waals surface area contributed by atoms with E-state index in [1.54, 1.807) is 25.1 Å². The molecular formula is C53H59F2N9O7. The average molecular weight is 972 g/mol. The van der Waals surface area contributed by atoms with Gasteiger partial charge < -0.3 is 29.6 Å². The van der Waals surface area contributed by atoms with Gasteiger partial charge in [-0.05, 0) is 136 Å². The molecule has 71 heavy (non-hydrogen) atoms. The van der Waals surface area contributed by atoms with E-state index in [0.29, 0.717) is 77.4 Å². The fraction of sp³-hybridized carbons (Fsp3) is 0.491. The molecule has 16 nitrogen and oxygen atoms in total. The minimum atomic E-state index is -0.990. The van der Waals surface area contributed by atoms with Crippen molar-refractivity contribution in [3.05, 3.63) is 77.0 Å². The third-order valence-electron chi connectivity index (χ3n) is 15.8. The Morgan fingerprint density at radius 1 is 0.859 bits per heavy atom. The number of ether oxygens (including phenoxy) is 1. The van der Waals surface area contributed by atoms with Gasteiger partial charge in [-0.1, -0.05) is 13.0 Å². The third kappa shape index (κ3) is 8.92. The molecule has 11 rings (SSSR count). The molecule has 2 unspecified atom stereocenters. The number of hydrogen-bond acceptors (Lipinski definition) is 14. The number of carbonyl (C=O) groups excluding carboxylic acids is 4. The van der Waals surface area contributed by atoms with Crippen molar-refractivity contribution < 1.29 is 42.9 Å². The second-order valence-electron chi connectivity index (χ2n) is 20.7. The number of β-amino-alcohol motifs (C(OH)–C–C–N with tert-alkyl or cyclic N) is 1. The fourth-order valence-corrected chi connectivity index (χ4v) is 12.1. The molecule has 0 spiro atoms. The maximum Gasteiger partial charge on any atom is 0.319 e. The summed E-state index contributed by atoms with van der Waals surface area (Å²) in [7, 11) is 0. The van der Waals surface area contributed by atoms with Gasteiger partial charge in [0, 0.05) is 75.7 Å². The van der Waals surface area contributed by atoms with Crippen LogP contribution in [0.25, 0.3) is 32.9 Å². The number of aryl methyl sites for hydroxylation is 1. The highest BCUT2D eigenvalue weighted by atomic mass is 19.1. The smallest absolute Gasteiger partial charge is 0.319 e. The molecular weight excluding hydrogens is 913 g/mol. The van der Waals surface area contributed by atoms with Crippen molar-refractivity contribution >= 4 is 56.8 Å². The van der Waals surface area contributed by atoms with Crippen molar-refractivity contribution in [2.75, 3.05) is 68.7 Å². The quantitative estimate of drug-likeness (QED) is 0.139. The summed E-state index contributed by atoms with van der Waals surface area (Å²) in [4.78, 5) is 75.3. The number of pyridine rings is 1. The molecule has 0 aliphatic carbocycles. The Morgan fingerprint density at radius 2 is 1.65 bits per heavy atom. The summed E-state index contributed by atoms with van der Waals surface area (Å²) in [5, 5.41) is 25.5. The molecule has 0 radical (unpaired) electrons. The number of rotatable bonds is 10. The van der Waals surface area contributed by atoms with E-state index in [2.05, 4.69) is 25.0 Å². The summed E-state index contributed by atoms with van der Waals surface area (Å²) in [6.07, 6.45) is 8.00. The van der Waals surface area contributed by atoms with Crippen LogP contribution in [0.4, 0.5) is 20.3 Å². The highest BCUT2D eigenvalue weighted by molar-refractivity contribution is 6.23. The number of phenols is 1. The van der Waals surface area contributed by atoms with Gasteiger partial charge in [-0.25, -0.2) is 8.78 Å². The number of carbonyl (C=O) groups is 4. The number of benzene rings is 3. The van der Waals surface area contributed by atoms with Gasteiger partial charge in [-0.2, -0.15) is 9.97 Å². The van der Waals surface area contributed by atoms with E-state index in [9.17, 15) is 29.4 Å². The lowest BCUT2D eigenvalue weighted by Crippen LogP contribution is -2.54. The van der Waals surface area contributed by atoms with Crippen molar-refractivity contribution in [2.24, 2.45) is 5.92 Å². The molecule has 5 aromatic rings. The lowest BCUT2D eigenvalue weighted by atomic mass is 9.94. The number of aromatic hydroxyl groups is 1. The zero-order chi connectivity index (χ0) is 49.3. The molecule has 6 aliphatic heterocycles. The zero-order valence-electron chi connectivity index (χ0n) is 40.1. The van der Waals surface area contributed by atoms with Gasteiger partial charge in [0.2, 0.25) is 11.8 Å². The first-order valence-electron chi connectivity index (χ1n) is 25.2. The Kier molecular flexibility index (Phi) is 12.4. The predicted molar refractivity (Wildman–Crippen MR) is 261 cm³/mol. The van der Waals surface area contributed by atoms with Gasteiger partial charge in [0.05, 0.1) is 22.1 Å². The van der Waals surface area contributed by atoms with Crippen LogP contribution in [0.2, 0.25) is 0 Å². The number of amides is 4. The molecule has 5 fully saturated rings. The predicted octanol–water partition coefficient (Wildman–Crippen LogP) is 5.98. The van der Waals surface area contributed by atoms with Crippen LogP contribution in [-0.2, 0) is 16.0 Å². The van der Waals surface area contributed by atoms with Crippen molar-refractivity contribution in [1.29, 1.82) is 0 Å². The molecule has 2 aromatic heterocycles. The molecule has 8 heterocycles. The average Bonchev–Trinajstić information content (AvgIpc) is 3.92. The number of phenolic OH excluding ortho intramolecular Hbond substituents is 1. The summed E-state index contributed by atoms with van der Waals surface area (Å²) in [5.74, 6) is -2.31. The van der Waals surface area contributed by atoms with Crippen molar-refractivity contribution in [1.82, 2.24) is 35.0 Å². The first kappa shape index (κ1) is 47.0. The Labute approximate surface area is 410 Å². The second kappa shape index (κ2) is 18.7. The third-order valence-corrected chi connectivity index (χ3v) is 15.8. The van der Waals surface area contributed by atoms with Gasteiger partial charge in [-0.3, -0.25) is 39.3 Å². The number of likely N-dealkylation sites (tertiary alicyclic amines) is 2. The summed E-state index contributed by atoms with van der Waals surface area (Å²) < 4.78 is 38.9. The number of aromatic nitrogens is 3. The lowest BCUT2D eigenvalue weighted by molar-refractivity contribution is -0.136. The lowest BCUT2D eigenvalue weighted by Gasteiger charge is -2.40. The molecule has 0 bridgehead atoms. The molecule has 18 heteroatoms. The number of nitrogens with one attached hydrogen (secondary N) is 1. The Morgan fingerprint density at radius 3 is 2.41 bits per heavy atom. The second-order valence-corrected chi connectivity index (χ2v) is 20.7. The van der Waals surface area contributed by atoms with Gasteiger partial charge in [0.25, 0.3) is 11.8 Å². The molecule has 6 aliphatic rings. The van der Waals surface area contributed by atoms with Crippen molar-refractivity contribution in [3.63, 3.8) is 0 Å². The molecule has 3 N–H and O–H groups in total. The molecule has 372 valence electrons. The van der Waals surface area contributed by atoms with Crippen LogP contribution in [0.1, 0.15) is 97.9 Å². The van der Waals surface area contributed by atoms with E-state index in [1.807, 2.05) is 17.9 Å². The normalized spacial score (nSPS) is 24.2. The number of hydrogen-bond donors (Lipinski definition) is 3. The van der Waals surface area contributed by atoms with E-state index in [-0.39, 0.29) is 59.6 Å². The number of nitrogens with zero attached hydrogens (tertiary/aromatic N) is 8. The van der Waals surface area contributed by atoms with Gasteiger partial charge in [0.15, 0.2) is 5.82 Å². The summed E-state index contributed by atoms with van der Waals surface area (Å²) >= 11 is 0. The van der Waals surface area contributed by atoms with Crippen molar-refractivity contribution in [2.45, 2.75) is 102 Å². The van der Waals surface area contributed by atoms with E-state index >= 15 is 8.78 Å². The Bertz CT molecular complexity index is 2970. The van der Waals surface area contributed by atoms with Gasteiger partial charge in [-0.15, -0.1) is 0 Å². The maximum absolute atomic E-state index is 17.2. The maximum atomic E-state index is 17.2. The molecule has 3 aromatic carbocycles. The first-order valence-corrected chi connectivity index (χ1v) is 25.2. The monoisotopic (exact) mass is 971 g/mol. The number of imide groups is 2.